The van der Waals surface area contributed by atoms with Crippen LogP contribution in [0.25, 0.3) is 0 Å². The van der Waals surface area contributed by atoms with Crippen molar-refractivity contribution in [1.29, 1.82) is 0 Å². The van der Waals surface area contributed by atoms with E-state index in [1.54, 1.807) is 18.2 Å². The number of aromatic nitrogens is 1. The lowest BCUT2D eigenvalue weighted by atomic mass is 10.1. The van der Waals surface area contributed by atoms with Gasteiger partial charge in [0.15, 0.2) is 0 Å². The molecule has 1 heterocycles. The summed E-state index contributed by atoms with van der Waals surface area (Å²) < 4.78 is 15.6. The second kappa shape index (κ2) is 7.25. The van der Waals surface area contributed by atoms with Crippen LogP contribution in [0.3, 0.4) is 0 Å². The lowest BCUT2D eigenvalue weighted by Gasteiger charge is -2.06. The lowest BCUT2D eigenvalue weighted by molar-refractivity contribution is -0.121. The quantitative estimate of drug-likeness (QED) is 0.874. The summed E-state index contributed by atoms with van der Waals surface area (Å²) in [6.45, 7) is 4.77. The molecule has 0 saturated heterocycles. The van der Waals surface area contributed by atoms with Gasteiger partial charge >= 0.3 is 0 Å². The van der Waals surface area contributed by atoms with E-state index in [-0.39, 0.29) is 11.7 Å². The molecule has 0 bridgehead atoms. The first kappa shape index (κ1) is 16.3. The van der Waals surface area contributed by atoms with Crippen LogP contribution in [0.2, 0.25) is 0 Å². The molecule has 3 nitrogen and oxygen atoms in total. The van der Waals surface area contributed by atoms with Gasteiger partial charge in [0.05, 0.1) is 0 Å². The molecule has 1 N–H and O–H groups in total. The van der Waals surface area contributed by atoms with Crippen LogP contribution in [0.5, 0.6) is 0 Å². The number of amides is 1. The SMILES string of the molecule is Cc1cc(CCNC(=O)CCc2ccccc2F)c(C)n1C. The number of rotatable bonds is 6. The number of nitrogens with zero attached hydrogens (tertiary/aromatic N) is 1. The van der Waals surface area contributed by atoms with Crippen LogP contribution >= 0.6 is 0 Å². The monoisotopic (exact) mass is 302 g/mol. The highest BCUT2D eigenvalue weighted by Crippen LogP contribution is 2.13. The molecule has 2 aromatic rings. The van der Waals surface area contributed by atoms with Gasteiger partial charge in [-0.05, 0) is 49.9 Å². The molecule has 1 aromatic carbocycles. The fourth-order valence-electron chi connectivity index (χ4n) is 2.56. The van der Waals surface area contributed by atoms with E-state index in [0.717, 1.165) is 6.42 Å². The number of benzene rings is 1. The summed E-state index contributed by atoms with van der Waals surface area (Å²) in [4.78, 5) is 11.8. The van der Waals surface area contributed by atoms with E-state index >= 15 is 0 Å². The number of hydrogen-bond donors (Lipinski definition) is 1. The predicted molar refractivity (Wildman–Crippen MR) is 86.3 cm³/mol. The zero-order chi connectivity index (χ0) is 16.1. The van der Waals surface area contributed by atoms with Crippen molar-refractivity contribution in [2.45, 2.75) is 33.1 Å². The van der Waals surface area contributed by atoms with Crippen molar-refractivity contribution in [3.8, 4) is 0 Å². The molecule has 0 radical (unpaired) electrons. The van der Waals surface area contributed by atoms with Crippen molar-refractivity contribution in [2.75, 3.05) is 6.54 Å². The van der Waals surface area contributed by atoms with E-state index in [4.69, 9.17) is 0 Å². The second-order valence-electron chi connectivity index (χ2n) is 5.65. The van der Waals surface area contributed by atoms with Gasteiger partial charge in [0, 0.05) is 31.4 Å². The molecule has 0 unspecified atom stereocenters. The normalized spacial score (nSPS) is 10.7. The average Bonchev–Trinajstić information content (AvgIpc) is 2.74. The summed E-state index contributed by atoms with van der Waals surface area (Å²) in [5, 5.41) is 2.91. The van der Waals surface area contributed by atoms with Crippen LogP contribution in [0, 0.1) is 19.7 Å². The molecule has 2 rings (SSSR count). The molecule has 1 amide bonds. The van der Waals surface area contributed by atoms with Gasteiger partial charge in [-0.1, -0.05) is 18.2 Å². The minimum absolute atomic E-state index is 0.0337. The van der Waals surface area contributed by atoms with Crippen LogP contribution < -0.4 is 5.32 Å². The van der Waals surface area contributed by atoms with Gasteiger partial charge in [-0.2, -0.15) is 0 Å². The lowest BCUT2D eigenvalue weighted by Crippen LogP contribution is -2.26. The van der Waals surface area contributed by atoms with E-state index in [1.165, 1.54) is 23.0 Å². The Morgan fingerprint density at radius 2 is 1.91 bits per heavy atom. The maximum absolute atomic E-state index is 13.5. The smallest absolute Gasteiger partial charge is 0.220 e. The van der Waals surface area contributed by atoms with E-state index in [1.807, 2.05) is 7.05 Å². The highest BCUT2D eigenvalue weighted by molar-refractivity contribution is 5.76. The van der Waals surface area contributed by atoms with Crippen molar-refractivity contribution < 1.29 is 9.18 Å². The number of aryl methyl sites for hydroxylation is 2. The maximum atomic E-state index is 13.5. The Kier molecular flexibility index (Phi) is 5.36. The molecule has 118 valence electrons. The standard InChI is InChI=1S/C18H23FN2O/c1-13-12-16(14(2)21(13)3)10-11-20-18(22)9-8-15-6-4-5-7-17(15)19/h4-7,12H,8-11H2,1-3H3,(H,20,22). The molecule has 0 aliphatic carbocycles. The predicted octanol–water partition coefficient (Wildman–Crippen LogP) is 3.07. The third-order valence-corrected chi connectivity index (χ3v) is 4.18. The van der Waals surface area contributed by atoms with Crippen LogP contribution in [-0.2, 0) is 24.7 Å². The van der Waals surface area contributed by atoms with Crippen molar-refractivity contribution in [3.05, 3.63) is 58.7 Å². The van der Waals surface area contributed by atoms with Crippen LogP contribution in [0.4, 0.5) is 4.39 Å². The summed E-state index contributed by atoms with van der Waals surface area (Å²) in [6.07, 6.45) is 1.56. The third kappa shape index (κ3) is 3.97. The fraction of sp³-hybridized carbons (Fsp3) is 0.389. The topological polar surface area (TPSA) is 34.0 Å². The first-order valence-corrected chi connectivity index (χ1v) is 7.61. The van der Waals surface area contributed by atoms with Gasteiger partial charge in [-0.25, -0.2) is 4.39 Å². The van der Waals surface area contributed by atoms with Gasteiger partial charge in [-0.15, -0.1) is 0 Å². The summed E-state index contributed by atoms with van der Waals surface area (Å²) >= 11 is 0. The van der Waals surface area contributed by atoms with E-state index in [9.17, 15) is 9.18 Å². The molecule has 22 heavy (non-hydrogen) atoms. The second-order valence-corrected chi connectivity index (χ2v) is 5.65. The molecular formula is C18H23FN2O. The molecule has 1 aromatic heterocycles. The molecule has 0 aliphatic heterocycles. The zero-order valence-electron chi connectivity index (χ0n) is 13.4. The first-order chi connectivity index (χ1) is 10.5. The molecule has 4 heteroatoms. The fourth-order valence-corrected chi connectivity index (χ4v) is 2.56. The minimum Gasteiger partial charge on any atom is -0.356 e. The largest absolute Gasteiger partial charge is 0.356 e. The number of carbonyl (C=O) groups excluding carboxylic acids is 1. The summed E-state index contributed by atoms with van der Waals surface area (Å²) in [5.74, 6) is -0.278. The molecule has 0 fully saturated rings. The maximum Gasteiger partial charge on any atom is 0.220 e. The molecular weight excluding hydrogens is 279 g/mol. The summed E-state index contributed by atoms with van der Waals surface area (Å²) in [6, 6.07) is 8.74. The Bertz CT molecular complexity index is 661. The Balaban J connectivity index is 1.76. The van der Waals surface area contributed by atoms with Gasteiger partial charge < -0.3 is 9.88 Å². The Morgan fingerprint density at radius 1 is 1.18 bits per heavy atom. The Morgan fingerprint density at radius 3 is 2.55 bits per heavy atom. The molecule has 0 saturated carbocycles. The number of hydrogen-bond acceptors (Lipinski definition) is 1. The van der Waals surface area contributed by atoms with Gasteiger partial charge in [0.25, 0.3) is 0 Å². The van der Waals surface area contributed by atoms with Gasteiger partial charge in [0.1, 0.15) is 5.82 Å². The highest BCUT2D eigenvalue weighted by Gasteiger charge is 2.08. The van der Waals surface area contributed by atoms with Crippen molar-refractivity contribution in [2.24, 2.45) is 7.05 Å². The van der Waals surface area contributed by atoms with Gasteiger partial charge in [-0.3, -0.25) is 4.79 Å². The van der Waals surface area contributed by atoms with Crippen molar-refractivity contribution >= 4 is 5.91 Å². The highest BCUT2D eigenvalue weighted by atomic mass is 19.1. The van der Waals surface area contributed by atoms with E-state index in [0.29, 0.717) is 24.9 Å². The van der Waals surface area contributed by atoms with Crippen LogP contribution in [-0.4, -0.2) is 17.0 Å². The number of carbonyl (C=O) groups is 1. The van der Waals surface area contributed by atoms with E-state index in [2.05, 4.69) is 29.8 Å². The van der Waals surface area contributed by atoms with Crippen molar-refractivity contribution in [1.82, 2.24) is 9.88 Å². The number of halogens is 1. The van der Waals surface area contributed by atoms with Gasteiger partial charge in [0.2, 0.25) is 5.91 Å². The van der Waals surface area contributed by atoms with Crippen molar-refractivity contribution in [3.63, 3.8) is 0 Å². The summed E-state index contributed by atoms with van der Waals surface area (Å²) in [5.41, 5.74) is 4.30. The summed E-state index contributed by atoms with van der Waals surface area (Å²) in [7, 11) is 2.04. The number of nitrogens with one attached hydrogen (secondary N) is 1. The Labute approximate surface area is 131 Å². The zero-order valence-corrected chi connectivity index (χ0v) is 13.4. The average molecular weight is 302 g/mol. The molecule has 0 aliphatic rings. The molecule has 0 spiro atoms. The van der Waals surface area contributed by atoms with E-state index < -0.39 is 0 Å². The molecule has 0 atom stereocenters. The van der Waals surface area contributed by atoms with Crippen LogP contribution in [0.1, 0.15) is 28.9 Å². The first-order valence-electron chi connectivity index (χ1n) is 7.61. The third-order valence-electron chi connectivity index (χ3n) is 4.18. The minimum atomic E-state index is -0.245. The Hall–Kier alpha value is -2.10. The van der Waals surface area contributed by atoms with Crippen LogP contribution in [0.15, 0.2) is 30.3 Å².